The van der Waals surface area contributed by atoms with Gasteiger partial charge in [0.05, 0.1) is 31.0 Å². The molecular formula is C29H24F8O4. The number of benzene rings is 3. The molecule has 3 aromatic carbocycles. The van der Waals surface area contributed by atoms with E-state index in [4.69, 9.17) is 9.47 Å². The molecule has 1 heterocycles. The van der Waals surface area contributed by atoms with Crippen LogP contribution in [0.2, 0.25) is 0 Å². The first kappa shape index (κ1) is 30.3. The van der Waals surface area contributed by atoms with Gasteiger partial charge in [0.2, 0.25) is 0 Å². The molecule has 0 amide bonds. The van der Waals surface area contributed by atoms with Gasteiger partial charge in [-0.1, -0.05) is 24.3 Å². The summed E-state index contributed by atoms with van der Waals surface area (Å²) in [4.78, 5) is 0. The quantitative estimate of drug-likeness (QED) is 0.136. The Bertz CT molecular complexity index is 1350. The van der Waals surface area contributed by atoms with Crippen LogP contribution < -0.4 is 9.47 Å². The molecule has 0 saturated carbocycles. The number of ether oxygens (including phenoxy) is 4. The van der Waals surface area contributed by atoms with E-state index in [-0.39, 0.29) is 30.4 Å². The summed E-state index contributed by atoms with van der Waals surface area (Å²) in [6.45, 7) is 2.71. The molecule has 0 spiro atoms. The number of rotatable bonds is 10. The predicted octanol–water partition coefficient (Wildman–Crippen LogP) is 8.31. The van der Waals surface area contributed by atoms with Crippen molar-refractivity contribution < 1.29 is 54.1 Å². The van der Waals surface area contributed by atoms with Crippen LogP contribution in [0, 0.1) is 23.3 Å². The Morgan fingerprint density at radius 2 is 1.44 bits per heavy atom. The summed E-state index contributed by atoms with van der Waals surface area (Å²) in [7, 11) is 0. The first-order valence-electron chi connectivity index (χ1n) is 12.4. The van der Waals surface area contributed by atoms with E-state index in [0.717, 1.165) is 18.6 Å². The van der Waals surface area contributed by atoms with Crippen molar-refractivity contribution in [3.63, 3.8) is 0 Å². The standard InChI is InChI=1S/C29H24F8O4/c1-2-3-12-38-20-9-11-26(39-16-20)17-4-6-18(7-5-17)28(34,35)40-19-8-10-22(23(30)13-19)29(36,37)41-21-14-24(31)27(33)25(32)15-21/h2-8,10,13-15,20,26H,9,11-12,16H2,1H3/b3-2+. The Morgan fingerprint density at radius 3 is 2.02 bits per heavy atom. The van der Waals surface area contributed by atoms with Crippen LogP contribution in [0.5, 0.6) is 11.5 Å². The van der Waals surface area contributed by atoms with Crippen molar-refractivity contribution >= 4 is 0 Å². The van der Waals surface area contributed by atoms with Gasteiger partial charge in [0.25, 0.3) is 0 Å². The minimum atomic E-state index is -4.50. The second-order valence-electron chi connectivity index (χ2n) is 9.13. The molecular weight excluding hydrogens is 564 g/mol. The van der Waals surface area contributed by atoms with E-state index in [1.165, 1.54) is 12.1 Å². The van der Waals surface area contributed by atoms with Crippen LogP contribution in [0.3, 0.4) is 0 Å². The average Bonchev–Trinajstić information content (AvgIpc) is 2.92. The zero-order chi connectivity index (χ0) is 29.8. The molecule has 0 N–H and O–H groups in total. The number of hydrogen-bond acceptors (Lipinski definition) is 4. The van der Waals surface area contributed by atoms with Crippen LogP contribution in [0.25, 0.3) is 0 Å². The second-order valence-corrected chi connectivity index (χ2v) is 9.13. The van der Waals surface area contributed by atoms with Gasteiger partial charge in [-0.15, -0.1) is 0 Å². The van der Waals surface area contributed by atoms with Gasteiger partial charge in [-0.25, -0.2) is 17.6 Å². The van der Waals surface area contributed by atoms with Crippen LogP contribution in [-0.4, -0.2) is 19.3 Å². The van der Waals surface area contributed by atoms with Crippen molar-refractivity contribution in [3.05, 3.63) is 107 Å². The molecule has 4 nitrogen and oxygen atoms in total. The molecule has 0 radical (unpaired) electrons. The van der Waals surface area contributed by atoms with Crippen LogP contribution in [0.4, 0.5) is 35.1 Å². The van der Waals surface area contributed by atoms with Gasteiger partial charge < -0.3 is 18.9 Å². The van der Waals surface area contributed by atoms with Crippen molar-refractivity contribution in [3.8, 4) is 11.5 Å². The summed E-state index contributed by atoms with van der Waals surface area (Å²) in [5.74, 6) is -9.14. The third-order valence-corrected chi connectivity index (χ3v) is 6.22. The molecule has 12 heteroatoms. The molecule has 220 valence electrons. The molecule has 2 atom stereocenters. The summed E-state index contributed by atoms with van der Waals surface area (Å²) in [5.41, 5.74) is -1.36. The smallest absolute Gasteiger partial charge is 0.429 e. The maximum atomic E-state index is 14.8. The zero-order valence-corrected chi connectivity index (χ0v) is 21.5. The molecule has 1 aliphatic rings. The van der Waals surface area contributed by atoms with E-state index in [9.17, 15) is 35.1 Å². The minimum absolute atomic E-state index is 0.0633. The molecule has 0 aromatic heterocycles. The Labute approximate surface area is 230 Å². The zero-order valence-electron chi connectivity index (χ0n) is 21.5. The Morgan fingerprint density at radius 1 is 0.805 bits per heavy atom. The van der Waals surface area contributed by atoms with E-state index >= 15 is 0 Å². The lowest BCUT2D eigenvalue weighted by molar-refractivity contribution is -0.188. The molecule has 41 heavy (non-hydrogen) atoms. The maximum absolute atomic E-state index is 14.8. The fourth-order valence-corrected chi connectivity index (χ4v) is 4.10. The summed E-state index contributed by atoms with van der Waals surface area (Å²) in [6, 6.07) is 6.75. The fourth-order valence-electron chi connectivity index (χ4n) is 4.10. The summed E-state index contributed by atoms with van der Waals surface area (Å²) < 4.78 is 133. The average molecular weight is 588 g/mol. The Hall–Kier alpha value is -3.64. The van der Waals surface area contributed by atoms with Crippen molar-refractivity contribution in [1.82, 2.24) is 0 Å². The van der Waals surface area contributed by atoms with Crippen molar-refractivity contribution in [2.24, 2.45) is 0 Å². The summed E-state index contributed by atoms with van der Waals surface area (Å²) in [5, 5.41) is 0. The monoisotopic (exact) mass is 588 g/mol. The van der Waals surface area contributed by atoms with E-state index in [2.05, 4.69) is 9.47 Å². The van der Waals surface area contributed by atoms with E-state index < -0.39 is 58.1 Å². The highest BCUT2D eigenvalue weighted by Gasteiger charge is 2.40. The predicted molar refractivity (Wildman–Crippen MR) is 131 cm³/mol. The molecule has 3 aromatic rings. The van der Waals surface area contributed by atoms with E-state index in [1.807, 2.05) is 19.1 Å². The van der Waals surface area contributed by atoms with Gasteiger partial charge in [0.15, 0.2) is 17.5 Å². The molecule has 1 fully saturated rings. The van der Waals surface area contributed by atoms with Crippen molar-refractivity contribution in [1.29, 1.82) is 0 Å². The van der Waals surface area contributed by atoms with Crippen LogP contribution in [0.15, 0.2) is 66.7 Å². The topological polar surface area (TPSA) is 36.9 Å². The first-order valence-corrected chi connectivity index (χ1v) is 12.4. The third kappa shape index (κ3) is 7.36. The Balaban J connectivity index is 1.40. The molecule has 0 aliphatic carbocycles. The maximum Gasteiger partial charge on any atom is 0.429 e. The first-order chi connectivity index (χ1) is 19.4. The van der Waals surface area contributed by atoms with Gasteiger partial charge in [-0.05, 0) is 49.6 Å². The van der Waals surface area contributed by atoms with Crippen molar-refractivity contribution in [2.45, 2.75) is 44.2 Å². The number of alkyl halides is 4. The SMILES string of the molecule is C/C=C/COC1CCC(c2ccc(C(F)(F)Oc3ccc(C(F)(F)Oc4cc(F)c(F)c(F)c4)c(F)c3)cc2)OC1. The molecule has 1 saturated heterocycles. The second kappa shape index (κ2) is 12.5. The summed E-state index contributed by atoms with van der Waals surface area (Å²) in [6.07, 6.45) is -3.74. The molecule has 0 bridgehead atoms. The van der Waals surface area contributed by atoms with Gasteiger partial charge in [0.1, 0.15) is 22.9 Å². The largest absolute Gasteiger partial charge is 0.429 e. The molecule has 1 aliphatic heterocycles. The van der Waals surface area contributed by atoms with E-state index in [0.29, 0.717) is 37.3 Å². The van der Waals surface area contributed by atoms with E-state index in [1.54, 1.807) is 0 Å². The van der Waals surface area contributed by atoms with Crippen LogP contribution in [0.1, 0.15) is 42.6 Å². The highest BCUT2D eigenvalue weighted by atomic mass is 19.3. The number of hydrogen-bond donors (Lipinski definition) is 0. The third-order valence-electron chi connectivity index (χ3n) is 6.22. The van der Waals surface area contributed by atoms with Gasteiger partial charge in [0, 0.05) is 18.2 Å². The molecule has 4 rings (SSSR count). The number of halogens is 8. The minimum Gasteiger partial charge on any atom is -0.429 e. The number of allylic oxidation sites excluding steroid dienone is 1. The van der Waals surface area contributed by atoms with Gasteiger partial charge in [-0.2, -0.15) is 17.6 Å². The van der Waals surface area contributed by atoms with Crippen molar-refractivity contribution in [2.75, 3.05) is 13.2 Å². The highest BCUT2D eigenvalue weighted by Crippen LogP contribution is 2.38. The summed E-state index contributed by atoms with van der Waals surface area (Å²) >= 11 is 0. The van der Waals surface area contributed by atoms with Gasteiger partial charge in [-0.3, -0.25) is 0 Å². The lowest BCUT2D eigenvalue weighted by atomic mass is 9.99. The lowest BCUT2D eigenvalue weighted by Crippen LogP contribution is -2.28. The van der Waals surface area contributed by atoms with Gasteiger partial charge >= 0.3 is 12.2 Å². The lowest BCUT2D eigenvalue weighted by Gasteiger charge is -2.29. The fraction of sp³-hybridized carbons (Fsp3) is 0.310. The highest BCUT2D eigenvalue weighted by molar-refractivity contribution is 5.34. The normalized spacial score (nSPS) is 18.1. The van der Waals surface area contributed by atoms with Crippen LogP contribution >= 0.6 is 0 Å². The molecule has 2 unspecified atom stereocenters. The van der Waals surface area contributed by atoms with Crippen LogP contribution in [-0.2, 0) is 21.7 Å². The Kier molecular flexibility index (Phi) is 9.23.